The highest BCUT2D eigenvalue weighted by Gasteiger charge is 2.40. The van der Waals surface area contributed by atoms with E-state index in [1.54, 1.807) is 6.33 Å². The Morgan fingerprint density at radius 1 is 0.867 bits per heavy atom. The molecule has 0 amide bonds. The number of para-hydroxylation sites is 1. The van der Waals surface area contributed by atoms with Crippen molar-refractivity contribution in [2.75, 3.05) is 5.32 Å². The fourth-order valence-electron chi connectivity index (χ4n) is 4.29. The molecular weight excluding hydrogens is 440 g/mol. The minimum atomic E-state index is -0.241. The van der Waals surface area contributed by atoms with Crippen LogP contribution in [0.15, 0.2) is 95.2 Å². The van der Waals surface area contributed by atoms with Gasteiger partial charge >= 0.3 is 0 Å². The lowest BCUT2D eigenvalue weighted by Crippen LogP contribution is -2.32. The maximum Gasteiger partial charge on any atom is 0.226 e. The molecule has 30 heavy (non-hydrogen) atoms. The minimum absolute atomic E-state index is 0.134. The normalized spacial score (nSPS) is 19.2. The number of nitrogens with one attached hydrogen (secondary N) is 1. The van der Waals surface area contributed by atoms with Gasteiger partial charge in [0.15, 0.2) is 0 Å². The van der Waals surface area contributed by atoms with Gasteiger partial charge < -0.3 is 10.1 Å². The molecule has 0 unspecified atom stereocenters. The summed E-state index contributed by atoms with van der Waals surface area (Å²) in [5, 5.41) is 8.08. The van der Waals surface area contributed by atoms with E-state index in [0.29, 0.717) is 0 Å². The molecule has 0 radical (unpaired) electrons. The Balaban J connectivity index is 1.63. The zero-order valence-electron chi connectivity index (χ0n) is 15.9. The van der Waals surface area contributed by atoms with Crippen LogP contribution in [0, 0.1) is 0 Å². The number of halogens is 1. The molecule has 1 aromatic heterocycles. The Morgan fingerprint density at radius 2 is 1.63 bits per heavy atom. The Bertz CT molecular complexity index is 1260. The van der Waals surface area contributed by atoms with Gasteiger partial charge in [-0.25, -0.2) is 4.68 Å². The molecule has 2 aliphatic rings. The summed E-state index contributed by atoms with van der Waals surface area (Å²) in [4.78, 5) is 4.47. The molecule has 1 N–H and O–H groups in total. The van der Waals surface area contributed by atoms with E-state index in [0.717, 1.165) is 44.1 Å². The van der Waals surface area contributed by atoms with Gasteiger partial charge in [-0.1, -0.05) is 70.5 Å². The van der Waals surface area contributed by atoms with Gasteiger partial charge in [-0.2, -0.15) is 10.1 Å². The second-order valence-electron chi connectivity index (χ2n) is 7.34. The van der Waals surface area contributed by atoms with Crippen molar-refractivity contribution in [1.82, 2.24) is 14.8 Å². The van der Waals surface area contributed by atoms with Gasteiger partial charge in [-0.3, -0.25) is 0 Å². The molecule has 0 saturated heterocycles. The fourth-order valence-corrected chi connectivity index (χ4v) is 4.55. The summed E-state index contributed by atoms with van der Waals surface area (Å²) in [7, 11) is 0. The second-order valence-corrected chi connectivity index (χ2v) is 8.26. The van der Waals surface area contributed by atoms with E-state index in [1.807, 2.05) is 41.1 Å². The van der Waals surface area contributed by atoms with Crippen LogP contribution < -0.4 is 10.1 Å². The summed E-state index contributed by atoms with van der Waals surface area (Å²) >= 11 is 3.55. The molecule has 4 aromatic rings. The molecule has 5 nitrogen and oxygen atoms in total. The van der Waals surface area contributed by atoms with Gasteiger partial charge in [0, 0.05) is 15.6 Å². The second kappa shape index (κ2) is 6.85. The summed E-state index contributed by atoms with van der Waals surface area (Å²) in [6.45, 7) is 0. The molecule has 0 aliphatic carbocycles. The van der Waals surface area contributed by atoms with Crippen LogP contribution in [0.25, 0.3) is 5.70 Å². The van der Waals surface area contributed by atoms with Crippen LogP contribution in [0.4, 0.5) is 5.95 Å². The Kier molecular flexibility index (Phi) is 3.99. The molecule has 3 aromatic carbocycles. The summed E-state index contributed by atoms with van der Waals surface area (Å²) in [5.74, 6) is 1.59. The third-order valence-corrected chi connectivity index (χ3v) is 6.14. The van der Waals surface area contributed by atoms with Crippen molar-refractivity contribution in [3.05, 3.63) is 112 Å². The lowest BCUT2D eigenvalue weighted by atomic mass is 9.85. The fraction of sp³-hybridized carbons (Fsp3) is 0.0833. The number of nitrogens with zero attached hydrogens (tertiary/aromatic N) is 3. The average molecular weight is 457 g/mol. The van der Waals surface area contributed by atoms with Gasteiger partial charge in [0.25, 0.3) is 0 Å². The van der Waals surface area contributed by atoms with Gasteiger partial charge in [0.05, 0.1) is 5.70 Å². The number of hydrogen-bond donors (Lipinski definition) is 1. The van der Waals surface area contributed by atoms with E-state index in [-0.39, 0.29) is 12.1 Å². The molecule has 0 spiro atoms. The van der Waals surface area contributed by atoms with Crippen molar-refractivity contribution >= 4 is 27.6 Å². The maximum absolute atomic E-state index is 6.59. The highest BCUT2D eigenvalue weighted by molar-refractivity contribution is 9.10. The first kappa shape index (κ1) is 17.5. The van der Waals surface area contributed by atoms with Crippen LogP contribution in [-0.4, -0.2) is 14.8 Å². The maximum atomic E-state index is 6.59. The predicted molar refractivity (Wildman–Crippen MR) is 119 cm³/mol. The number of anilines is 1. The van der Waals surface area contributed by atoms with Crippen LogP contribution in [0.1, 0.15) is 28.8 Å². The monoisotopic (exact) mass is 456 g/mol. The molecule has 6 rings (SSSR count). The van der Waals surface area contributed by atoms with E-state index in [4.69, 9.17) is 4.74 Å². The zero-order valence-corrected chi connectivity index (χ0v) is 17.5. The first-order chi connectivity index (χ1) is 14.8. The van der Waals surface area contributed by atoms with Crippen molar-refractivity contribution in [3.63, 3.8) is 0 Å². The quantitative estimate of drug-likeness (QED) is 0.426. The SMILES string of the molecule is Brc1ccc([C@H]2C3=C(Nc4ncnn42)c2ccccc2O[C@@H]3c2ccccc2)cc1. The first-order valence-electron chi connectivity index (χ1n) is 9.76. The van der Waals surface area contributed by atoms with Crippen LogP contribution in [0.2, 0.25) is 0 Å². The third-order valence-electron chi connectivity index (χ3n) is 5.61. The number of rotatable bonds is 2. The molecule has 146 valence electrons. The molecule has 6 heteroatoms. The van der Waals surface area contributed by atoms with E-state index in [1.165, 1.54) is 0 Å². The summed E-state index contributed by atoms with van der Waals surface area (Å²) < 4.78 is 9.57. The number of hydrogen-bond acceptors (Lipinski definition) is 4. The number of fused-ring (bicyclic) bond motifs is 3. The zero-order chi connectivity index (χ0) is 20.1. The smallest absolute Gasteiger partial charge is 0.226 e. The minimum Gasteiger partial charge on any atom is -0.480 e. The standard InChI is InChI=1S/C24H17BrN4O/c25-17-12-10-15(11-13-17)22-20-21(28-24-26-14-27-29(22)24)18-8-4-5-9-19(18)30-23(20)16-6-2-1-3-7-16/h1-14,22-23H,(H,26,27,28)/t22-,23+/m0/s1. The van der Waals surface area contributed by atoms with Crippen LogP contribution in [0.3, 0.4) is 0 Å². The van der Waals surface area contributed by atoms with Crippen molar-refractivity contribution in [2.24, 2.45) is 0 Å². The van der Waals surface area contributed by atoms with Crippen LogP contribution >= 0.6 is 15.9 Å². The summed E-state index contributed by atoms with van der Waals surface area (Å²) in [6, 6.07) is 26.7. The van der Waals surface area contributed by atoms with Crippen molar-refractivity contribution in [3.8, 4) is 5.75 Å². The van der Waals surface area contributed by atoms with Gasteiger partial charge in [-0.05, 0) is 35.4 Å². The van der Waals surface area contributed by atoms with Crippen LogP contribution in [0.5, 0.6) is 5.75 Å². The topological polar surface area (TPSA) is 52.0 Å². The number of ether oxygens (including phenoxy) is 1. The molecule has 0 fully saturated rings. The molecule has 0 bridgehead atoms. The van der Waals surface area contributed by atoms with Crippen molar-refractivity contribution in [2.45, 2.75) is 12.1 Å². The Hall–Kier alpha value is -3.38. The molecule has 2 aliphatic heterocycles. The Labute approximate surface area is 182 Å². The number of benzene rings is 3. The molecular formula is C24H17BrN4O. The largest absolute Gasteiger partial charge is 0.480 e. The van der Waals surface area contributed by atoms with Gasteiger partial charge in [0.2, 0.25) is 5.95 Å². The van der Waals surface area contributed by atoms with E-state index in [9.17, 15) is 0 Å². The number of aromatic nitrogens is 3. The molecule has 0 saturated carbocycles. The first-order valence-corrected chi connectivity index (χ1v) is 10.6. The highest BCUT2D eigenvalue weighted by Crippen LogP contribution is 2.50. The summed E-state index contributed by atoms with van der Waals surface area (Å²) in [6.07, 6.45) is 1.35. The predicted octanol–water partition coefficient (Wildman–Crippen LogP) is 5.60. The molecule has 3 heterocycles. The Morgan fingerprint density at radius 3 is 2.47 bits per heavy atom. The lowest BCUT2D eigenvalue weighted by molar-refractivity contribution is 0.223. The molecule has 2 atom stereocenters. The lowest BCUT2D eigenvalue weighted by Gasteiger charge is -2.39. The third kappa shape index (κ3) is 2.68. The highest BCUT2D eigenvalue weighted by atomic mass is 79.9. The van der Waals surface area contributed by atoms with Crippen LogP contribution in [-0.2, 0) is 0 Å². The van der Waals surface area contributed by atoms with E-state index >= 15 is 0 Å². The summed E-state index contributed by atoms with van der Waals surface area (Å²) in [5.41, 5.74) is 5.44. The average Bonchev–Trinajstić information content (AvgIpc) is 3.27. The van der Waals surface area contributed by atoms with E-state index < -0.39 is 0 Å². The van der Waals surface area contributed by atoms with Crippen molar-refractivity contribution < 1.29 is 4.74 Å². The van der Waals surface area contributed by atoms with Crippen molar-refractivity contribution in [1.29, 1.82) is 0 Å². The van der Waals surface area contributed by atoms with E-state index in [2.05, 4.69) is 73.8 Å². The van der Waals surface area contributed by atoms with Gasteiger partial charge in [0.1, 0.15) is 24.2 Å². The van der Waals surface area contributed by atoms with Gasteiger partial charge in [-0.15, -0.1) is 0 Å².